The highest BCUT2D eigenvalue weighted by Gasteiger charge is 2.50. The number of aryl methyl sites for hydroxylation is 1. The van der Waals surface area contributed by atoms with Crippen LogP contribution in [0.2, 0.25) is 0 Å². The maximum absolute atomic E-state index is 6.21. The van der Waals surface area contributed by atoms with Crippen molar-refractivity contribution in [1.29, 1.82) is 0 Å². The predicted octanol–water partition coefficient (Wildman–Crippen LogP) is 3.33. The van der Waals surface area contributed by atoms with Gasteiger partial charge in [0.05, 0.1) is 11.6 Å². The van der Waals surface area contributed by atoms with Crippen molar-refractivity contribution < 1.29 is 4.74 Å². The van der Waals surface area contributed by atoms with Gasteiger partial charge in [0.1, 0.15) is 5.75 Å². The Morgan fingerprint density at radius 3 is 2.67 bits per heavy atom. The number of rotatable bonds is 3. The molecule has 1 aromatic rings. The molecule has 3 rings (SSSR count). The summed E-state index contributed by atoms with van der Waals surface area (Å²) in [5.41, 5.74) is 10.6. The van der Waals surface area contributed by atoms with Crippen LogP contribution in [0.25, 0.3) is 0 Å². The van der Waals surface area contributed by atoms with Gasteiger partial charge < -0.3 is 10.5 Å². The lowest BCUT2D eigenvalue weighted by molar-refractivity contribution is 0.395. The van der Waals surface area contributed by atoms with Crippen molar-refractivity contribution in [3.8, 4) is 5.75 Å². The number of halogens is 1. The van der Waals surface area contributed by atoms with Crippen molar-refractivity contribution in [2.75, 3.05) is 7.11 Å². The predicted molar refractivity (Wildman–Crippen MR) is 77.3 cm³/mol. The number of hydrogen-bond donors (Lipinski definition) is 1. The molecule has 18 heavy (non-hydrogen) atoms. The molecule has 1 aromatic carbocycles. The van der Waals surface area contributed by atoms with E-state index in [1.165, 1.54) is 46.8 Å². The van der Waals surface area contributed by atoms with Gasteiger partial charge in [0.15, 0.2) is 0 Å². The van der Waals surface area contributed by atoms with Crippen LogP contribution in [-0.2, 0) is 18.3 Å². The smallest absolute Gasteiger partial charge is 0.137 e. The van der Waals surface area contributed by atoms with Crippen LogP contribution in [0.3, 0.4) is 0 Å². The lowest BCUT2D eigenvalue weighted by Crippen LogP contribution is -2.32. The molecule has 2 N–H and O–H groups in total. The minimum absolute atomic E-state index is 0.158. The van der Waals surface area contributed by atoms with Crippen LogP contribution in [0.5, 0.6) is 5.75 Å². The summed E-state index contributed by atoms with van der Waals surface area (Å²) >= 11 is 3.75. The zero-order valence-electron chi connectivity index (χ0n) is 11.1. The average Bonchev–Trinajstić information content (AvgIpc) is 3.02. The van der Waals surface area contributed by atoms with Crippen LogP contribution in [0, 0.1) is 0 Å². The highest BCUT2D eigenvalue weighted by atomic mass is 79.9. The average molecular weight is 310 g/mol. The van der Waals surface area contributed by atoms with E-state index in [4.69, 9.17) is 10.5 Å². The lowest BCUT2D eigenvalue weighted by Gasteiger charge is -2.25. The van der Waals surface area contributed by atoms with Gasteiger partial charge in [-0.25, -0.2) is 0 Å². The van der Waals surface area contributed by atoms with Crippen LogP contribution in [-0.4, -0.2) is 13.2 Å². The molecule has 3 heteroatoms. The summed E-state index contributed by atoms with van der Waals surface area (Å²) in [5, 5.41) is 0. The third kappa shape index (κ3) is 1.64. The summed E-state index contributed by atoms with van der Waals surface area (Å²) in [6.45, 7) is 2.12. The van der Waals surface area contributed by atoms with Crippen LogP contribution < -0.4 is 10.5 Å². The van der Waals surface area contributed by atoms with E-state index in [9.17, 15) is 0 Å². The third-order valence-electron chi connectivity index (χ3n) is 4.69. The van der Waals surface area contributed by atoms with Crippen LogP contribution in [0.1, 0.15) is 42.9 Å². The van der Waals surface area contributed by atoms with Gasteiger partial charge in [-0.1, -0.05) is 6.07 Å². The van der Waals surface area contributed by atoms with Gasteiger partial charge in [0, 0.05) is 17.0 Å². The Balaban J connectivity index is 2.18. The summed E-state index contributed by atoms with van der Waals surface area (Å²) in [7, 11) is 1.77. The fourth-order valence-corrected chi connectivity index (χ4v) is 4.17. The van der Waals surface area contributed by atoms with Crippen molar-refractivity contribution in [2.24, 2.45) is 5.73 Å². The van der Waals surface area contributed by atoms with Crippen LogP contribution in [0.4, 0.5) is 0 Å². The summed E-state index contributed by atoms with van der Waals surface area (Å²) in [4.78, 5) is 0. The Morgan fingerprint density at radius 1 is 1.39 bits per heavy atom. The van der Waals surface area contributed by atoms with Crippen molar-refractivity contribution in [3.63, 3.8) is 0 Å². The Labute approximate surface area is 117 Å². The first-order valence-corrected chi connectivity index (χ1v) is 7.54. The maximum Gasteiger partial charge on any atom is 0.137 e. The highest BCUT2D eigenvalue weighted by molar-refractivity contribution is 9.10. The molecule has 0 heterocycles. The second-order valence-corrected chi connectivity index (χ2v) is 6.50. The molecule has 2 aliphatic rings. The largest absolute Gasteiger partial charge is 0.495 e. The van der Waals surface area contributed by atoms with E-state index in [-0.39, 0.29) is 11.5 Å². The lowest BCUT2D eigenvalue weighted by atomic mass is 9.87. The number of hydrogen-bond acceptors (Lipinski definition) is 2. The van der Waals surface area contributed by atoms with Crippen molar-refractivity contribution in [3.05, 3.63) is 27.2 Å². The molecule has 98 valence electrons. The van der Waals surface area contributed by atoms with Gasteiger partial charge in [-0.2, -0.15) is 0 Å². The summed E-state index contributed by atoms with van der Waals surface area (Å²) in [5.74, 6) is 1.02. The maximum atomic E-state index is 6.21. The fourth-order valence-electron chi connectivity index (χ4n) is 3.35. The Bertz CT molecular complexity index is 492. The van der Waals surface area contributed by atoms with Gasteiger partial charge in [0.2, 0.25) is 0 Å². The quantitative estimate of drug-likeness (QED) is 0.929. The van der Waals surface area contributed by atoms with Gasteiger partial charge in [-0.3, -0.25) is 0 Å². The molecule has 1 saturated carbocycles. The standard InChI is InChI=1S/C15H20BrNO/c1-9(17)15(6-7-15)12-8-10-4-3-5-11(10)13(16)14(12)18-2/h8-9H,3-7,17H2,1-2H3. The molecule has 0 spiro atoms. The van der Waals surface area contributed by atoms with Crippen molar-refractivity contribution in [1.82, 2.24) is 0 Å². The Hall–Kier alpha value is -0.540. The molecule has 0 bridgehead atoms. The minimum atomic E-state index is 0.158. The fraction of sp³-hybridized carbons (Fsp3) is 0.600. The summed E-state index contributed by atoms with van der Waals surface area (Å²) in [6.07, 6.45) is 5.99. The zero-order valence-corrected chi connectivity index (χ0v) is 12.6. The van der Waals surface area contributed by atoms with Gasteiger partial charge >= 0.3 is 0 Å². The number of fused-ring (bicyclic) bond motifs is 1. The zero-order chi connectivity index (χ0) is 12.9. The molecule has 0 saturated heterocycles. The number of ether oxygens (including phenoxy) is 1. The topological polar surface area (TPSA) is 35.2 Å². The first-order chi connectivity index (χ1) is 8.60. The van der Waals surface area contributed by atoms with Gasteiger partial charge in [-0.05, 0) is 66.1 Å². The first-order valence-electron chi connectivity index (χ1n) is 6.74. The molecule has 1 fully saturated rings. The van der Waals surface area contributed by atoms with Crippen LogP contribution in [0.15, 0.2) is 10.5 Å². The van der Waals surface area contributed by atoms with E-state index in [0.29, 0.717) is 0 Å². The van der Waals surface area contributed by atoms with E-state index in [1.807, 2.05) is 0 Å². The van der Waals surface area contributed by atoms with E-state index in [0.717, 1.165) is 12.2 Å². The SMILES string of the molecule is COc1c(C2(C(C)N)CC2)cc2c(c1Br)CCC2. The molecule has 1 unspecified atom stereocenters. The molecule has 2 nitrogen and oxygen atoms in total. The molecular formula is C15H20BrNO. The van der Waals surface area contributed by atoms with E-state index >= 15 is 0 Å². The highest BCUT2D eigenvalue weighted by Crippen LogP contribution is 2.55. The van der Waals surface area contributed by atoms with E-state index in [2.05, 4.69) is 28.9 Å². The molecule has 0 aliphatic heterocycles. The second-order valence-electron chi connectivity index (χ2n) is 5.71. The molecule has 1 atom stereocenters. The Morgan fingerprint density at radius 2 is 2.11 bits per heavy atom. The van der Waals surface area contributed by atoms with E-state index in [1.54, 1.807) is 7.11 Å². The normalized spacial score (nSPS) is 21.6. The number of nitrogens with two attached hydrogens (primary N) is 1. The summed E-state index contributed by atoms with van der Waals surface area (Å²) < 4.78 is 6.84. The van der Waals surface area contributed by atoms with Gasteiger partial charge in [0.25, 0.3) is 0 Å². The molecular weight excluding hydrogens is 290 g/mol. The third-order valence-corrected chi connectivity index (χ3v) is 5.53. The first kappa shape index (κ1) is 12.5. The summed E-state index contributed by atoms with van der Waals surface area (Å²) in [6, 6.07) is 2.56. The van der Waals surface area contributed by atoms with E-state index < -0.39 is 0 Å². The van der Waals surface area contributed by atoms with Crippen molar-refractivity contribution in [2.45, 2.75) is 50.5 Å². The molecule has 0 aromatic heterocycles. The molecule has 0 radical (unpaired) electrons. The molecule has 2 aliphatic carbocycles. The number of methoxy groups -OCH3 is 1. The molecule has 0 amide bonds. The Kier molecular flexibility index (Phi) is 2.94. The number of benzene rings is 1. The van der Waals surface area contributed by atoms with Gasteiger partial charge in [-0.15, -0.1) is 0 Å². The second kappa shape index (κ2) is 4.24. The minimum Gasteiger partial charge on any atom is -0.495 e. The van der Waals surface area contributed by atoms with Crippen LogP contribution >= 0.6 is 15.9 Å². The van der Waals surface area contributed by atoms with Crippen molar-refractivity contribution >= 4 is 15.9 Å². The monoisotopic (exact) mass is 309 g/mol.